The number of aryl methyl sites for hydroxylation is 1. The molecule has 1 saturated carbocycles. The molecule has 0 heterocycles. The van der Waals surface area contributed by atoms with Crippen molar-refractivity contribution in [3.63, 3.8) is 0 Å². The molecule has 3 rings (SSSR count). The molecule has 1 atom stereocenters. The first-order valence-electron chi connectivity index (χ1n) is 7.84. The minimum absolute atomic E-state index is 0.139. The second-order valence-electron chi connectivity index (χ2n) is 5.96. The van der Waals surface area contributed by atoms with Gasteiger partial charge in [-0.2, -0.15) is 0 Å². The maximum absolute atomic E-state index is 13.3. The van der Waals surface area contributed by atoms with Crippen molar-refractivity contribution < 1.29 is 4.39 Å². The van der Waals surface area contributed by atoms with Crippen molar-refractivity contribution in [2.75, 3.05) is 6.54 Å². The smallest absolute Gasteiger partial charge is 0.123 e. The van der Waals surface area contributed by atoms with Gasteiger partial charge in [-0.15, -0.1) is 0 Å². The van der Waals surface area contributed by atoms with Crippen molar-refractivity contribution in [2.45, 2.75) is 37.6 Å². The molecule has 1 aliphatic carbocycles. The van der Waals surface area contributed by atoms with Crippen LogP contribution in [0.4, 0.5) is 4.39 Å². The maximum atomic E-state index is 13.3. The third-order valence-corrected chi connectivity index (χ3v) is 4.17. The van der Waals surface area contributed by atoms with Gasteiger partial charge in [-0.1, -0.05) is 42.5 Å². The lowest BCUT2D eigenvalue weighted by Gasteiger charge is -2.18. The quantitative estimate of drug-likeness (QED) is 0.799. The number of benzene rings is 2. The van der Waals surface area contributed by atoms with E-state index in [4.69, 9.17) is 0 Å². The summed E-state index contributed by atoms with van der Waals surface area (Å²) in [4.78, 5) is 0. The third-order valence-electron chi connectivity index (χ3n) is 4.17. The summed E-state index contributed by atoms with van der Waals surface area (Å²) in [5, 5.41) is 3.63. The Morgan fingerprint density at radius 2 is 1.86 bits per heavy atom. The van der Waals surface area contributed by atoms with Gasteiger partial charge < -0.3 is 5.32 Å². The summed E-state index contributed by atoms with van der Waals surface area (Å²) in [6.45, 7) is 1.02. The lowest BCUT2D eigenvalue weighted by Crippen LogP contribution is -2.24. The lowest BCUT2D eigenvalue weighted by atomic mass is 9.92. The Bertz CT molecular complexity index is 563. The molecule has 0 amide bonds. The number of halogens is 1. The minimum Gasteiger partial charge on any atom is -0.313 e. The molecule has 0 aliphatic heterocycles. The molecule has 1 nitrogen and oxygen atoms in total. The fourth-order valence-corrected chi connectivity index (χ4v) is 2.74. The summed E-state index contributed by atoms with van der Waals surface area (Å²) in [5.41, 5.74) is 2.46. The molecular weight excluding hydrogens is 261 g/mol. The summed E-state index contributed by atoms with van der Waals surface area (Å²) in [6.07, 6.45) is 4.59. The van der Waals surface area contributed by atoms with E-state index in [1.54, 1.807) is 12.1 Å². The standard InChI is InChI=1S/C19H22FN/c20-18-8-4-5-15(13-18)9-10-17(14-21-19-11-12-19)16-6-2-1-3-7-16/h1-8,13,17,19,21H,9-12,14H2. The Kier molecular flexibility index (Phi) is 4.66. The van der Waals surface area contributed by atoms with E-state index in [0.29, 0.717) is 5.92 Å². The highest BCUT2D eigenvalue weighted by atomic mass is 19.1. The fourth-order valence-electron chi connectivity index (χ4n) is 2.74. The largest absolute Gasteiger partial charge is 0.313 e. The van der Waals surface area contributed by atoms with Crippen molar-refractivity contribution in [1.29, 1.82) is 0 Å². The average Bonchev–Trinajstić information content (AvgIpc) is 3.32. The second kappa shape index (κ2) is 6.86. The van der Waals surface area contributed by atoms with Gasteiger partial charge in [0.15, 0.2) is 0 Å². The molecule has 1 N–H and O–H groups in total. The van der Waals surface area contributed by atoms with Gasteiger partial charge in [0.25, 0.3) is 0 Å². The first-order chi connectivity index (χ1) is 10.3. The van der Waals surface area contributed by atoms with Crippen LogP contribution in [0.15, 0.2) is 54.6 Å². The molecule has 2 aromatic rings. The fraction of sp³-hybridized carbons (Fsp3) is 0.368. The number of nitrogens with one attached hydrogen (secondary N) is 1. The van der Waals surface area contributed by atoms with Crippen LogP contribution in [0.3, 0.4) is 0 Å². The van der Waals surface area contributed by atoms with Gasteiger partial charge in [0.05, 0.1) is 0 Å². The predicted molar refractivity (Wildman–Crippen MR) is 84.9 cm³/mol. The van der Waals surface area contributed by atoms with E-state index in [0.717, 1.165) is 31.0 Å². The summed E-state index contributed by atoms with van der Waals surface area (Å²) in [5.74, 6) is 0.356. The van der Waals surface area contributed by atoms with Crippen molar-refractivity contribution in [1.82, 2.24) is 5.32 Å². The van der Waals surface area contributed by atoms with Crippen molar-refractivity contribution in [2.24, 2.45) is 0 Å². The number of hydrogen-bond donors (Lipinski definition) is 1. The molecule has 0 aromatic heterocycles. The van der Waals surface area contributed by atoms with Gasteiger partial charge in [0.1, 0.15) is 5.82 Å². The highest BCUT2D eigenvalue weighted by molar-refractivity contribution is 5.22. The van der Waals surface area contributed by atoms with Crippen LogP contribution in [-0.2, 0) is 6.42 Å². The number of hydrogen-bond acceptors (Lipinski definition) is 1. The van der Waals surface area contributed by atoms with E-state index in [-0.39, 0.29) is 5.82 Å². The van der Waals surface area contributed by atoms with Gasteiger partial charge in [-0.25, -0.2) is 4.39 Å². The van der Waals surface area contributed by atoms with E-state index in [2.05, 4.69) is 35.6 Å². The van der Waals surface area contributed by atoms with Crippen LogP contribution >= 0.6 is 0 Å². The van der Waals surface area contributed by atoms with Crippen molar-refractivity contribution in [3.8, 4) is 0 Å². The minimum atomic E-state index is -0.139. The predicted octanol–water partition coefficient (Wildman–Crippen LogP) is 4.29. The SMILES string of the molecule is Fc1cccc(CCC(CNC2CC2)c2ccccc2)c1. The normalized spacial score (nSPS) is 15.9. The topological polar surface area (TPSA) is 12.0 Å². The van der Waals surface area contributed by atoms with Gasteiger partial charge in [-0.3, -0.25) is 0 Å². The van der Waals surface area contributed by atoms with Crippen LogP contribution in [-0.4, -0.2) is 12.6 Å². The first kappa shape index (κ1) is 14.3. The monoisotopic (exact) mass is 283 g/mol. The average molecular weight is 283 g/mol. The van der Waals surface area contributed by atoms with E-state index < -0.39 is 0 Å². The van der Waals surface area contributed by atoms with Crippen molar-refractivity contribution in [3.05, 3.63) is 71.5 Å². The molecule has 0 spiro atoms. The summed E-state index contributed by atoms with van der Waals surface area (Å²) >= 11 is 0. The Morgan fingerprint density at radius 3 is 2.57 bits per heavy atom. The van der Waals surface area contributed by atoms with E-state index in [1.165, 1.54) is 24.5 Å². The zero-order chi connectivity index (χ0) is 14.5. The van der Waals surface area contributed by atoms with Crippen LogP contribution in [0.5, 0.6) is 0 Å². The molecule has 1 fully saturated rings. The van der Waals surface area contributed by atoms with Gasteiger partial charge in [0, 0.05) is 12.6 Å². The molecule has 2 aromatic carbocycles. The number of rotatable bonds is 7. The second-order valence-corrected chi connectivity index (χ2v) is 5.96. The van der Waals surface area contributed by atoms with Crippen LogP contribution in [0, 0.1) is 5.82 Å². The molecule has 0 saturated heterocycles. The molecule has 0 radical (unpaired) electrons. The molecule has 110 valence electrons. The van der Waals surface area contributed by atoms with E-state index in [1.807, 2.05) is 6.07 Å². The molecule has 2 heteroatoms. The Morgan fingerprint density at radius 1 is 1.05 bits per heavy atom. The highest BCUT2D eigenvalue weighted by Crippen LogP contribution is 2.24. The molecule has 0 bridgehead atoms. The Hall–Kier alpha value is -1.67. The van der Waals surface area contributed by atoms with Gasteiger partial charge in [0.2, 0.25) is 0 Å². The van der Waals surface area contributed by atoms with Crippen LogP contribution in [0.1, 0.15) is 36.3 Å². The molecule has 1 unspecified atom stereocenters. The Balaban J connectivity index is 1.63. The van der Waals surface area contributed by atoms with Gasteiger partial charge in [-0.05, 0) is 54.9 Å². The zero-order valence-corrected chi connectivity index (χ0v) is 12.3. The van der Waals surface area contributed by atoms with Gasteiger partial charge >= 0.3 is 0 Å². The van der Waals surface area contributed by atoms with Crippen LogP contribution in [0.2, 0.25) is 0 Å². The van der Waals surface area contributed by atoms with Crippen LogP contribution < -0.4 is 5.32 Å². The maximum Gasteiger partial charge on any atom is 0.123 e. The molecular formula is C19H22FN. The van der Waals surface area contributed by atoms with Crippen molar-refractivity contribution >= 4 is 0 Å². The summed E-state index contributed by atoms with van der Waals surface area (Å²) in [6, 6.07) is 18.3. The third kappa shape index (κ3) is 4.40. The lowest BCUT2D eigenvalue weighted by molar-refractivity contribution is 0.546. The summed E-state index contributed by atoms with van der Waals surface area (Å²) < 4.78 is 13.3. The summed E-state index contributed by atoms with van der Waals surface area (Å²) in [7, 11) is 0. The highest BCUT2D eigenvalue weighted by Gasteiger charge is 2.22. The van der Waals surface area contributed by atoms with Crippen LogP contribution in [0.25, 0.3) is 0 Å². The van der Waals surface area contributed by atoms with E-state index >= 15 is 0 Å². The first-order valence-corrected chi connectivity index (χ1v) is 7.84. The molecule has 21 heavy (non-hydrogen) atoms. The Labute approximate surface area is 126 Å². The van der Waals surface area contributed by atoms with E-state index in [9.17, 15) is 4.39 Å². The zero-order valence-electron chi connectivity index (χ0n) is 12.3. The molecule has 1 aliphatic rings.